The Morgan fingerprint density at radius 3 is 2.29 bits per heavy atom. The highest BCUT2D eigenvalue weighted by Crippen LogP contribution is 2.23. The third kappa shape index (κ3) is 2.50. The Kier molecular flexibility index (Phi) is 3.94. The molecule has 0 aromatic carbocycles. The highest BCUT2D eigenvalue weighted by Gasteiger charge is 2.28. The van der Waals surface area contributed by atoms with Gasteiger partial charge in [0.1, 0.15) is 10.7 Å². The molecular weight excluding hydrogens is 246 g/mol. The normalized spacial score (nSPS) is 12.0. The van der Waals surface area contributed by atoms with E-state index in [1.807, 2.05) is 0 Å². The van der Waals surface area contributed by atoms with Crippen molar-refractivity contribution in [2.45, 2.75) is 25.7 Å². The third-order valence-electron chi connectivity index (χ3n) is 2.41. The van der Waals surface area contributed by atoms with Crippen molar-refractivity contribution in [2.75, 3.05) is 13.1 Å². The molecule has 0 amide bonds. The van der Waals surface area contributed by atoms with Crippen molar-refractivity contribution < 1.29 is 22.7 Å². The number of rotatable bonds is 5. The molecule has 0 spiro atoms. The smallest absolute Gasteiger partial charge is 0.371 e. The standard InChI is InChI=1S/C10H15NO5S/c1-4-11(5-2)17(14,15)9-6-8(10(12)13)16-7(9)3/h6H,4-5H2,1-3H3,(H,12,13). The van der Waals surface area contributed by atoms with Gasteiger partial charge in [-0.2, -0.15) is 4.31 Å². The van der Waals surface area contributed by atoms with Crippen molar-refractivity contribution in [3.63, 3.8) is 0 Å². The molecule has 0 unspecified atom stereocenters. The van der Waals surface area contributed by atoms with Crippen molar-refractivity contribution in [3.8, 4) is 0 Å². The van der Waals surface area contributed by atoms with Crippen molar-refractivity contribution in [1.29, 1.82) is 0 Å². The van der Waals surface area contributed by atoms with Gasteiger partial charge in [-0.1, -0.05) is 13.8 Å². The SMILES string of the molecule is CCN(CC)S(=O)(=O)c1cc(C(=O)O)oc1C. The first kappa shape index (κ1) is 13.7. The number of aromatic carboxylic acids is 1. The highest BCUT2D eigenvalue weighted by molar-refractivity contribution is 7.89. The lowest BCUT2D eigenvalue weighted by molar-refractivity contribution is 0.0661. The minimum Gasteiger partial charge on any atom is -0.475 e. The van der Waals surface area contributed by atoms with E-state index in [4.69, 9.17) is 9.52 Å². The maximum absolute atomic E-state index is 12.1. The summed E-state index contributed by atoms with van der Waals surface area (Å²) in [6.07, 6.45) is 0. The first-order chi connectivity index (χ1) is 7.84. The van der Waals surface area contributed by atoms with E-state index in [1.165, 1.54) is 11.2 Å². The Balaban J connectivity index is 3.29. The van der Waals surface area contributed by atoms with Crippen LogP contribution in [0.25, 0.3) is 0 Å². The van der Waals surface area contributed by atoms with E-state index in [2.05, 4.69) is 0 Å². The second-order valence-electron chi connectivity index (χ2n) is 3.43. The summed E-state index contributed by atoms with van der Waals surface area (Å²) in [5, 5.41) is 8.74. The molecule has 0 aliphatic rings. The summed E-state index contributed by atoms with van der Waals surface area (Å²) >= 11 is 0. The molecule has 0 saturated carbocycles. The Morgan fingerprint density at radius 2 is 1.94 bits per heavy atom. The van der Waals surface area contributed by atoms with Crippen LogP contribution in [0.1, 0.15) is 30.2 Å². The van der Waals surface area contributed by atoms with Gasteiger partial charge in [0.15, 0.2) is 0 Å². The molecular formula is C10H15NO5S. The average Bonchev–Trinajstić information content (AvgIpc) is 2.62. The molecule has 0 fully saturated rings. The third-order valence-corrected chi connectivity index (χ3v) is 4.56. The first-order valence-corrected chi connectivity index (χ1v) is 6.62. The van der Waals surface area contributed by atoms with Crippen LogP contribution in [0.2, 0.25) is 0 Å². The number of nitrogens with zero attached hydrogens (tertiary/aromatic N) is 1. The van der Waals surface area contributed by atoms with Crippen molar-refractivity contribution in [2.24, 2.45) is 0 Å². The van der Waals surface area contributed by atoms with Crippen LogP contribution in [0.4, 0.5) is 0 Å². The molecule has 1 heterocycles. The second-order valence-corrected chi connectivity index (χ2v) is 5.33. The van der Waals surface area contributed by atoms with Gasteiger partial charge < -0.3 is 9.52 Å². The molecule has 0 atom stereocenters. The van der Waals surface area contributed by atoms with Gasteiger partial charge in [0.05, 0.1) is 0 Å². The predicted molar refractivity (Wildman–Crippen MR) is 60.5 cm³/mol. The van der Waals surface area contributed by atoms with Gasteiger partial charge in [-0.25, -0.2) is 13.2 Å². The first-order valence-electron chi connectivity index (χ1n) is 5.18. The summed E-state index contributed by atoms with van der Waals surface area (Å²) in [4.78, 5) is 10.6. The number of carboxylic acids is 1. The summed E-state index contributed by atoms with van der Waals surface area (Å²) in [6.45, 7) is 5.52. The molecule has 1 aromatic rings. The van der Waals surface area contributed by atoms with Crippen LogP contribution in [0, 0.1) is 6.92 Å². The molecule has 1 rings (SSSR count). The topological polar surface area (TPSA) is 87.8 Å². The molecule has 0 saturated heterocycles. The quantitative estimate of drug-likeness (QED) is 0.863. The zero-order chi connectivity index (χ0) is 13.2. The monoisotopic (exact) mass is 261 g/mol. The molecule has 0 aliphatic heterocycles. The van der Waals surface area contributed by atoms with Crippen molar-refractivity contribution in [3.05, 3.63) is 17.6 Å². The number of sulfonamides is 1. The summed E-state index contributed by atoms with van der Waals surface area (Å²) < 4.78 is 30.4. The van der Waals surface area contributed by atoms with Gasteiger partial charge in [0.2, 0.25) is 15.8 Å². The zero-order valence-electron chi connectivity index (χ0n) is 9.93. The lowest BCUT2D eigenvalue weighted by atomic mass is 10.4. The lowest BCUT2D eigenvalue weighted by Gasteiger charge is -2.17. The van der Waals surface area contributed by atoms with Gasteiger partial charge in [-0.05, 0) is 6.92 Å². The number of hydrogen-bond donors (Lipinski definition) is 1. The van der Waals surface area contributed by atoms with Gasteiger partial charge >= 0.3 is 5.97 Å². The van der Waals surface area contributed by atoms with Crippen LogP contribution < -0.4 is 0 Å². The van der Waals surface area contributed by atoms with Crippen LogP contribution in [-0.4, -0.2) is 36.9 Å². The van der Waals surface area contributed by atoms with Crippen molar-refractivity contribution in [1.82, 2.24) is 4.31 Å². The van der Waals surface area contributed by atoms with Crippen LogP contribution in [0.5, 0.6) is 0 Å². The number of aryl methyl sites for hydroxylation is 1. The van der Waals surface area contributed by atoms with Crippen LogP contribution in [0.3, 0.4) is 0 Å². The minimum absolute atomic E-state index is 0.0846. The zero-order valence-corrected chi connectivity index (χ0v) is 10.7. The van der Waals surface area contributed by atoms with E-state index in [0.29, 0.717) is 13.1 Å². The second kappa shape index (κ2) is 4.89. The van der Waals surface area contributed by atoms with E-state index in [0.717, 1.165) is 6.07 Å². The van der Waals surface area contributed by atoms with Gasteiger partial charge in [-0.15, -0.1) is 0 Å². The Morgan fingerprint density at radius 1 is 1.41 bits per heavy atom. The minimum atomic E-state index is -3.67. The largest absolute Gasteiger partial charge is 0.475 e. The summed E-state index contributed by atoms with van der Waals surface area (Å²) in [6, 6.07) is 1.05. The molecule has 17 heavy (non-hydrogen) atoms. The van der Waals surface area contributed by atoms with Crippen LogP contribution in [0.15, 0.2) is 15.4 Å². The summed E-state index contributed by atoms with van der Waals surface area (Å²) in [7, 11) is -3.67. The molecule has 0 bridgehead atoms. The Labute approximate surface area is 99.9 Å². The van der Waals surface area contributed by atoms with E-state index in [-0.39, 0.29) is 16.4 Å². The van der Waals surface area contributed by atoms with E-state index in [9.17, 15) is 13.2 Å². The van der Waals surface area contributed by atoms with Crippen molar-refractivity contribution >= 4 is 16.0 Å². The molecule has 1 aromatic heterocycles. The van der Waals surface area contributed by atoms with Gasteiger partial charge in [0.25, 0.3) is 0 Å². The highest BCUT2D eigenvalue weighted by atomic mass is 32.2. The molecule has 6 nitrogen and oxygen atoms in total. The van der Waals surface area contributed by atoms with Gasteiger partial charge in [-0.3, -0.25) is 0 Å². The lowest BCUT2D eigenvalue weighted by Crippen LogP contribution is -2.30. The number of hydrogen-bond acceptors (Lipinski definition) is 4. The van der Waals surface area contributed by atoms with E-state index in [1.54, 1.807) is 13.8 Å². The maximum atomic E-state index is 12.1. The van der Waals surface area contributed by atoms with Crippen LogP contribution in [-0.2, 0) is 10.0 Å². The molecule has 96 valence electrons. The number of carbonyl (C=O) groups is 1. The number of furan rings is 1. The fourth-order valence-corrected chi connectivity index (χ4v) is 3.15. The fourth-order valence-electron chi connectivity index (χ4n) is 1.53. The number of carboxylic acid groups (broad SMARTS) is 1. The molecule has 1 N–H and O–H groups in total. The summed E-state index contributed by atoms with van der Waals surface area (Å²) in [5.74, 6) is -1.56. The predicted octanol–water partition coefficient (Wildman–Crippen LogP) is 1.32. The van der Waals surface area contributed by atoms with Crippen LogP contribution >= 0.6 is 0 Å². The average molecular weight is 261 g/mol. The van der Waals surface area contributed by atoms with E-state index >= 15 is 0 Å². The maximum Gasteiger partial charge on any atom is 0.371 e. The van der Waals surface area contributed by atoms with E-state index < -0.39 is 16.0 Å². The summed E-state index contributed by atoms with van der Waals surface area (Å²) in [5.41, 5.74) is 0. The molecule has 0 radical (unpaired) electrons. The van der Waals surface area contributed by atoms with Gasteiger partial charge in [0, 0.05) is 19.2 Å². The molecule has 7 heteroatoms. The Bertz CT molecular complexity index is 513. The molecule has 0 aliphatic carbocycles. The Hall–Kier alpha value is -1.34. The fraction of sp³-hybridized carbons (Fsp3) is 0.500.